The molecule has 0 unspecified atom stereocenters. The highest BCUT2D eigenvalue weighted by Gasteiger charge is 2.61. The predicted molar refractivity (Wildman–Crippen MR) is 111 cm³/mol. The summed E-state index contributed by atoms with van der Waals surface area (Å²) < 4.78 is 48.1. The van der Waals surface area contributed by atoms with Crippen LogP contribution in [0.5, 0.6) is 0 Å². The van der Waals surface area contributed by atoms with Crippen LogP contribution in [0.1, 0.15) is 45.6 Å². The second-order valence-electron chi connectivity index (χ2n) is 7.53. The van der Waals surface area contributed by atoms with E-state index in [4.69, 9.17) is 4.74 Å². The summed E-state index contributed by atoms with van der Waals surface area (Å²) in [5.74, 6) is -4.39. The molecule has 0 amide bonds. The van der Waals surface area contributed by atoms with Gasteiger partial charge in [0.25, 0.3) is 0 Å². The fraction of sp³-hybridized carbons (Fsp3) is 0.550. The predicted octanol–water partition coefficient (Wildman–Crippen LogP) is 6.65. The first-order valence-corrected chi connectivity index (χ1v) is 10.8. The Kier molecular flexibility index (Phi) is 8.02. The van der Waals surface area contributed by atoms with E-state index < -0.39 is 35.9 Å². The van der Waals surface area contributed by atoms with Gasteiger partial charge >= 0.3 is 5.97 Å². The fourth-order valence-corrected chi connectivity index (χ4v) is 3.94. The number of ether oxygens (including phenoxy) is 1. The summed E-state index contributed by atoms with van der Waals surface area (Å²) in [6.45, 7) is 5.75. The summed E-state index contributed by atoms with van der Waals surface area (Å²) >= 11 is 6.55. The van der Waals surface area contributed by atoms with Crippen molar-refractivity contribution in [2.45, 2.75) is 46.6 Å². The number of carbonyl (C=O) groups excluding carboxylic acids is 1. The van der Waals surface area contributed by atoms with Crippen molar-refractivity contribution in [1.29, 1.82) is 0 Å². The van der Waals surface area contributed by atoms with E-state index >= 15 is 0 Å². The largest absolute Gasteiger partial charge is 0.460 e. The van der Waals surface area contributed by atoms with Gasteiger partial charge in [-0.2, -0.15) is 0 Å². The molecule has 0 saturated heterocycles. The van der Waals surface area contributed by atoms with Crippen molar-refractivity contribution in [3.05, 3.63) is 38.5 Å². The minimum absolute atomic E-state index is 0.0468. The lowest BCUT2D eigenvalue weighted by atomic mass is 10.1. The van der Waals surface area contributed by atoms with Crippen molar-refractivity contribution < 1.29 is 22.7 Å². The lowest BCUT2D eigenvalue weighted by Crippen LogP contribution is -2.15. The van der Waals surface area contributed by atoms with Crippen LogP contribution >= 0.6 is 31.9 Å². The smallest absolute Gasteiger partial charge is 0.310 e. The second kappa shape index (κ2) is 9.65. The first-order valence-electron chi connectivity index (χ1n) is 9.20. The summed E-state index contributed by atoms with van der Waals surface area (Å²) in [6.07, 6.45) is 4.52. The summed E-state index contributed by atoms with van der Waals surface area (Å²) in [7, 11) is 0. The van der Waals surface area contributed by atoms with Crippen molar-refractivity contribution in [2.24, 2.45) is 17.3 Å². The SMILES string of the molecule is CCCCCNc1c(F)cc(F)c(F)c1COC(=O)[C@@H]1[C@H](C=C(Br)Br)C1(C)C. The first kappa shape index (κ1) is 23.3. The Hall–Kier alpha value is -1.02. The number of hydrogen-bond acceptors (Lipinski definition) is 3. The highest BCUT2D eigenvalue weighted by Crippen LogP contribution is 2.60. The molecule has 28 heavy (non-hydrogen) atoms. The van der Waals surface area contributed by atoms with Gasteiger partial charge in [-0.05, 0) is 49.6 Å². The van der Waals surface area contributed by atoms with Crippen LogP contribution in [0, 0.1) is 34.7 Å². The minimum atomic E-state index is -1.31. The molecule has 1 aliphatic rings. The topological polar surface area (TPSA) is 38.3 Å². The molecule has 1 N–H and O–H groups in total. The normalized spacial score (nSPS) is 19.9. The zero-order valence-electron chi connectivity index (χ0n) is 16.1. The van der Waals surface area contributed by atoms with E-state index in [1.54, 1.807) is 0 Å². The van der Waals surface area contributed by atoms with Crippen molar-refractivity contribution in [1.82, 2.24) is 0 Å². The molecule has 2 rings (SSSR count). The third kappa shape index (κ3) is 5.32. The second-order valence-corrected chi connectivity index (χ2v) is 10.3. The molecule has 2 atom stereocenters. The first-order chi connectivity index (χ1) is 13.1. The maximum absolute atomic E-state index is 14.3. The van der Waals surface area contributed by atoms with Crippen LogP contribution in [-0.4, -0.2) is 12.5 Å². The summed E-state index contributed by atoms with van der Waals surface area (Å²) in [6, 6.07) is 0.501. The Morgan fingerprint density at radius 1 is 1.25 bits per heavy atom. The van der Waals surface area contributed by atoms with E-state index in [0.717, 1.165) is 22.7 Å². The quantitative estimate of drug-likeness (QED) is 0.222. The molecule has 1 fully saturated rings. The standard InChI is InChI=1S/C20H24Br2F3NO2/c1-4-5-6-7-26-18-11(17(25)13(23)9-14(18)24)10-28-19(27)16-12(8-15(21)22)20(16,2)3/h8-9,12,16,26H,4-7,10H2,1-3H3/t12-,16-/m0/s1. The number of halogens is 5. The van der Waals surface area contributed by atoms with E-state index in [9.17, 15) is 18.0 Å². The number of unbranched alkanes of at least 4 members (excludes halogenated alkanes) is 2. The van der Waals surface area contributed by atoms with Gasteiger partial charge in [0, 0.05) is 12.6 Å². The Bertz CT molecular complexity index is 764. The van der Waals surface area contributed by atoms with Gasteiger partial charge in [0.2, 0.25) is 0 Å². The van der Waals surface area contributed by atoms with Gasteiger partial charge in [-0.1, -0.05) is 39.7 Å². The average molecular weight is 527 g/mol. The number of carbonyl (C=O) groups is 1. The van der Waals surface area contributed by atoms with Crippen molar-refractivity contribution in [2.75, 3.05) is 11.9 Å². The average Bonchev–Trinajstić information content (AvgIpc) is 3.14. The molecule has 1 saturated carbocycles. The third-order valence-corrected chi connectivity index (χ3v) is 5.71. The third-order valence-electron chi connectivity index (χ3n) is 5.18. The van der Waals surface area contributed by atoms with Crippen LogP contribution in [0.2, 0.25) is 0 Å². The van der Waals surface area contributed by atoms with Crippen molar-refractivity contribution in [3.63, 3.8) is 0 Å². The van der Waals surface area contributed by atoms with Gasteiger partial charge < -0.3 is 10.1 Å². The van der Waals surface area contributed by atoms with E-state index in [1.807, 2.05) is 26.8 Å². The molecule has 156 valence electrons. The molecule has 1 aromatic rings. The van der Waals surface area contributed by atoms with Crippen LogP contribution < -0.4 is 5.32 Å². The van der Waals surface area contributed by atoms with Crippen LogP contribution in [0.3, 0.4) is 0 Å². The van der Waals surface area contributed by atoms with Gasteiger partial charge in [-0.15, -0.1) is 0 Å². The molecular formula is C20H24Br2F3NO2. The zero-order chi connectivity index (χ0) is 21.1. The lowest BCUT2D eigenvalue weighted by molar-refractivity contribution is -0.147. The Labute approximate surface area is 180 Å². The Morgan fingerprint density at radius 3 is 2.54 bits per heavy atom. The van der Waals surface area contributed by atoms with Crippen molar-refractivity contribution in [3.8, 4) is 0 Å². The number of hydrogen-bond donors (Lipinski definition) is 1. The minimum Gasteiger partial charge on any atom is -0.460 e. The summed E-state index contributed by atoms with van der Waals surface area (Å²) in [4.78, 5) is 12.5. The number of rotatable bonds is 9. The maximum Gasteiger partial charge on any atom is 0.310 e. The fourth-order valence-electron chi connectivity index (χ4n) is 3.37. The molecule has 0 bridgehead atoms. The number of allylic oxidation sites excluding steroid dienone is 1. The highest BCUT2D eigenvalue weighted by molar-refractivity contribution is 9.28. The van der Waals surface area contributed by atoms with Crippen LogP contribution in [0.15, 0.2) is 15.5 Å². The molecule has 0 heterocycles. The molecule has 0 spiro atoms. The number of benzene rings is 1. The molecular weight excluding hydrogens is 503 g/mol. The van der Waals surface area contributed by atoms with Crippen LogP contribution in [0.4, 0.5) is 18.9 Å². The summed E-state index contributed by atoms with van der Waals surface area (Å²) in [5, 5.41) is 2.81. The molecule has 8 heteroatoms. The number of anilines is 1. The van der Waals surface area contributed by atoms with Gasteiger partial charge in [0.05, 0.1) is 20.6 Å². The van der Waals surface area contributed by atoms with Gasteiger partial charge in [-0.3, -0.25) is 4.79 Å². The van der Waals surface area contributed by atoms with Gasteiger partial charge in [-0.25, -0.2) is 13.2 Å². The molecule has 1 aliphatic carbocycles. The Morgan fingerprint density at radius 2 is 1.93 bits per heavy atom. The summed E-state index contributed by atoms with van der Waals surface area (Å²) in [5.41, 5.74) is -0.774. The van der Waals surface area contributed by atoms with E-state index in [0.29, 0.717) is 12.6 Å². The molecule has 0 radical (unpaired) electrons. The van der Waals surface area contributed by atoms with Crippen molar-refractivity contribution >= 4 is 43.5 Å². The monoisotopic (exact) mass is 525 g/mol. The zero-order valence-corrected chi connectivity index (χ0v) is 19.2. The van der Waals surface area contributed by atoms with Gasteiger partial charge in [0.1, 0.15) is 12.4 Å². The lowest BCUT2D eigenvalue weighted by Gasteiger charge is -2.15. The van der Waals surface area contributed by atoms with Crippen LogP contribution in [-0.2, 0) is 16.1 Å². The van der Waals surface area contributed by atoms with E-state index in [2.05, 4.69) is 37.2 Å². The van der Waals surface area contributed by atoms with E-state index in [1.165, 1.54) is 0 Å². The maximum atomic E-state index is 14.3. The molecule has 0 aromatic heterocycles. The van der Waals surface area contributed by atoms with Crippen LogP contribution in [0.25, 0.3) is 0 Å². The van der Waals surface area contributed by atoms with Gasteiger partial charge in [0.15, 0.2) is 11.6 Å². The molecule has 1 aromatic carbocycles. The van der Waals surface area contributed by atoms with E-state index in [-0.39, 0.29) is 22.6 Å². The number of esters is 1. The Balaban J connectivity index is 2.12. The molecule has 0 aliphatic heterocycles. The number of nitrogens with one attached hydrogen (secondary N) is 1. The highest BCUT2D eigenvalue weighted by atomic mass is 79.9. The molecule has 3 nitrogen and oxygen atoms in total.